The molecule has 0 radical (unpaired) electrons. The predicted octanol–water partition coefficient (Wildman–Crippen LogP) is 8.82. The van der Waals surface area contributed by atoms with E-state index in [1.54, 1.807) is 24.8 Å². The molecule has 0 aliphatic carbocycles. The fourth-order valence-corrected chi connectivity index (χ4v) is 6.17. The van der Waals surface area contributed by atoms with Gasteiger partial charge >= 0.3 is 6.03 Å². The van der Waals surface area contributed by atoms with Crippen LogP contribution in [0.1, 0.15) is 53.6 Å². The van der Waals surface area contributed by atoms with Crippen LogP contribution in [0.5, 0.6) is 5.75 Å². The summed E-state index contributed by atoms with van der Waals surface area (Å²) in [5.74, 6) is -1.29. The van der Waals surface area contributed by atoms with Crippen LogP contribution in [-0.4, -0.2) is 45.4 Å². The van der Waals surface area contributed by atoms with Crippen molar-refractivity contribution in [3.8, 4) is 11.8 Å². The molecule has 5 aromatic rings. The third-order valence-electron chi connectivity index (χ3n) is 8.75. The SMILES string of the molecule is CC(C)(O)OC1CCN(Cc2ccc(F)c(C#N)c2)C(=O)N(Cc2ccc(OCc3ccccc3)cc2)C1Cc1ccccc1.Cc1ccccc1. The topological polar surface area (TPSA) is 86.0 Å². The van der Waals surface area contributed by atoms with Crippen LogP contribution >= 0.6 is 0 Å². The number of rotatable bonds is 11. The highest BCUT2D eigenvalue weighted by molar-refractivity contribution is 5.75. The molecule has 1 aliphatic heterocycles. The van der Waals surface area contributed by atoms with E-state index in [9.17, 15) is 19.6 Å². The van der Waals surface area contributed by atoms with Crippen LogP contribution in [0.15, 0.2) is 133 Å². The number of hydrogen-bond acceptors (Lipinski definition) is 5. The molecule has 1 saturated heterocycles. The lowest BCUT2D eigenvalue weighted by Crippen LogP contribution is -2.51. The Morgan fingerprint density at radius 3 is 1.98 bits per heavy atom. The number of aryl methyl sites for hydroxylation is 1. The van der Waals surface area contributed by atoms with Gasteiger partial charge in [-0.05, 0) is 80.1 Å². The van der Waals surface area contributed by atoms with Crippen molar-refractivity contribution in [2.75, 3.05) is 6.54 Å². The van der Waals surface area contributed by atoms with E-state index >= 15 is 0 Å². The van der Waals surface area contributed by atoms with E-state index in [4.69, 9.17) is 9.47 Å². The molecule has 2 unspecified atom stereocenters. The second-order valence-corrected chi connectivity index (χ2v) is 13.5. The van der Waals surface area contributed by atoms with Gasteiger partial charge in [0.05, 0.1) is 17.7 Å². The molecule has 0 saturated carbocycles. The molecular formula is C44H46FN3O4. The number of hydrogen-bond donors (Lipinski definition) is 1. The van der Waals surface area contributed by atoms with Crippen molar-refractivity contribution < 1.29 is 23.8 Å². The number of nitrogens with zero attached hydrogens (tertiary/aromatic N) is 3. The zero-order valence-electron chi connectivity index (χ0n) is 30.0. The number of carbonyl (C=O) groups is 1. The molecule has 8 heteroatoms. The summed E-state index contributed by atoms with van der Waals surface area (Å²) in [6.07, 6.45) is 0.521. The lowest BCUT2D eigenvalue weighted by Gasteiger charge is -2.38. The van der Waals surface area contributed by atoms with Gasteiger partial charge in [0, 0.05) is 19.6 Å². The number of halogens is 1. The monoisotopic (exact) mass is 699 g/mol. The summed E-state index contributed by atoms with van der Waals surface area (Å²) in [5.41, 5.74) is 4.93. The number of amides is 2. The highest BCUT2D eigenvalue weighted by atomic mass is 19.1. The summed E-state index contributed by atoms with van der Waals surface area (Å²) < 4.78 is 26.3. The van der Waals surface area contributed by atoms with Gasteiger partial charge in [-0.3, -0.25) is 0 Å². The quantitative estimate of drug-likeness (QED) is 0.139. The Hall–Kier alpha value is -5.49. The Morgan fingerprint density at radius 2 is 1.40 bits per heavy atom. The molecule has 0 aromatic heterocycles. The minimum Gasteiger partial charge on any atom is -0.489 e. The molecule has 1 heterocycles. The van der Waals surface area contributed by atoms with Crippen LogP contribution in [0.2, 0.25) is 0 Å². The van der Waals surface area contributed by atoms with Crippen LogP contribution < -0.4 is 4.74 Å². The van der Waals surface area contributed by atoms with E-state index in [0.717, 1.165) is 22.4 Å². The Balaban J connectivity index is 0.000000668. The van der Waals surface area contributed by atoms with Gasteiger partial charge in [0.25, 0.3) is 0 Å². The Bertz CT molecular complexity index is 1890. The maximum atomic E-state index is 14.4. The van der Waals surface area contributed by atoms with Gasteiger partial charge in [-0.15, -0.1) is 0 Å². The molecule has 268 valence electrons. The highest BCUT2D eigenvalue weighted by Crippen LogP contribution is 2.29. The first kappa shape index (κ1) is 37.8. The minimum atomic E-state index is -1.42. The molecular weight excluding hydrogens is 653 g/mol. The second kappa shape index (κ2) is 18.1. The highest BCUT2D eigenvalue weighted by Gasteiger charge is 2.40. The first-order chi connectivity index (χ1) is 25.1. The zero-order valence-corrected chi connectivity index (χ0v) is 30.0. The van der Waals surface area contributed by atoms with Gasteiger partial charge in [-0.25, -0.2) is 9.18 Å². The number of aliphatic hydroxyl groups is 1. The molecule has 2 atom stereocenters. The van der Waals surface area contributed by atoms with Crippen molar-refractivity contribution in [2.45, 2.75) is 71.2 Å². The summed E-state index contributed by atoms with van der Waals surface area (Å²) in [4.78, 5) is 17.9. The van der Waals surface area contributed by atoms with Crippen LogP contribution in [0.3, 0.4) is 0 Å². The summed E-state index contributed by atoms with van der Waals surface area (Å²) >= 11 is 0. The third-order valence-corrected chi connectivity index (χ3v) is 8.75. The van der Waals surface area contributed by atoms with Gasteiger partial charge < -0.3 is 24.4 Å². The maximum absolute atomic E-state index is 14.4. The van der Waals surface area contributed by atoms with Crippen LogP contribution in [0.4, 0.5) is 9.18 Å². The largest absolute Gasteiger partial charge is 0.489 e. The van der Waals surface area contributed by atoms with Gasteiger partial charge in [0.1, 0.15) is 24.2 Å². The van der Waals surface area contributed by atoms with Crippen molar-refractivity contribution in [2.24, 2.45) is 0 Å². The summed E-state index contributed by atoms with van der Waals surface area (Å²) in [6, 6.07) is 43.4. The zero-order chi connectivity index (χ0) is 36.9. The predicted molar refractivity (Wildman–Crippen MR) is 201 cm³/mol. The van der Waals surface area contributed by atoms with Gasteiger partial charge in [-0.1, -0.05) is 115 Å². The Morgan fingerprint density at radius 1 is 0.808 bits per heavy atom. The van der Waals surface area contributed by atoms with Crippen LogP contribution in [0.25, 0.3) is 0 Å². The fraction of sp³-hybridized carbons (Fsp3) is 0.273. The van der Waals surface area contributed by atoms with Gasteiger partial charge in [0.15, 0.2) is 5.79 Å². The molecule has 0 bridgehead atoms. The summed E-state index contributed by atoms with van der Waals surface area (Å²) in [6.45, 7) is 6.57. The molecule has 6 rings (SSSR count). The van der Waals surface area contributed by atoms with E-state index in [1.807, 2.05) is 114 Å². The number of carbonyl (C=O) groups excluding carboxylic acids is 1. The van der Waals surface area contributed by atoms with Crippen molar-refractivity contribution >= 4 is 6.03 Å². The normalized spacial score (nSPS) is 16.0. The van der Waals surface area contributed by atoms with Crippen molar-refractivity contribution in [3.05, 3.63) is 173 Å². The van der Waals surface area contributed by atoms with E-state index in [-0.39, 0.29) is 18.1 Å². The van der Waals surface area contributed by atoms with Crippen LogP contribution in [0, 0.1) is 24.1 Å². The first-order valence-corrected chi connectivity index (χ1v) is 17.5. The molecule has 1 N–H and O–H groups in total. The molecule has 2 amide bonds. The lowest BCUT2D eigenvalue weighted by atomic mass is 9.97. The Labute approximate surface area is 306 Å². The van der Waals surface area contributed by atoms with Crippen molar-refractivity contribution in [1.29, 1.82) is 5.26 Å². The van der Waals surface area contributed by atoms with E-state index < -0.39 is 23.8 Å². The Kier molecular flexibility index (Phi) is 13.2. The third kappa shape index (κ3) is 11.3. The molecule has 7 nitrogen and oxygen atoms in total. The van der Waals surface area contributed by atoms with E-state index in [2.05, 4.69) is 19.1 Å². The molecule has 1 fully saturated rings. The smallest absolute Gasteiger partial charge is 0.320 e. The standard InChI is InChI=1S/C37H38FN3O4.C7H8/c1-37(2,43)45-35-19-20-40(24-30-15-18-33(38)31(21-30)23-39)36(42)41(34(35)22-27-9-5-3-6-10-27)25-28-13-16-32(17-14-28)44-26-29-11-7-4-8-12-29;1-7-5-3-2-4-6-7/h3-18,21,34-35,43H,19-20,22,24-26H2,1-2H3;2-6H,1H3. The molecule has 1 aliphatic rings. The first-order valence-electron chi connectivity index (χ1n) is 17.5. The minimum absolute atomic E-state index is 0.0635. The van der Waals surface area contributed by atoms with Crippen molar-refractivity contribution in [3.63, 3.8) is 0 Å². The van der Waals surface area contributed by atoms with Gasteiger partial charge in [-0.2, -0.15) is 5.26 Å². The molecule has 0 spiro atoms. The fourth-order valence-electron chi connectivity index (χ4n) is 6.17. The molecule has 5 aromatic carbocycles. The summed E-state index contributed by atoms with van der Waals surface area (Å²) in [7, 11) is 0. The maximum Gasteiger partial charge on any atom is 0.320 e. The van der Waals surface area contributed by atoms with Crippen LogP contribution in [-0.2, 0) is 30.9 Å². The number of nitriles is 1. The van der Waals surface area contributed by atoms with E-state index in [0.29, 0.717) is 38.1 Å². The second-order valence-electron chi connectivity index (χ2n) is 13.5. The average molecular weight is 700 g/mol. The number of benzene rings is 5. The average Bonchev–Trinajstić information content (AvgIpc) is 3.25. The van der Waals surface area contributed by atoms with Gasteiger partial charge in [0.2, 0.25) is 0 Å². The van der Waals surface area contributed by atoms with Crippen molar-refractivity contribution in [1.82, 2.24) is 9.80 Å². The van der Waals surface area contributed by atoms with E-state index in [1.165, 1.54) is 17.7 Å². The molecule has 52 heavy (non-hydrogen) atoms. The lowest BCUT2D eigenvalue weighted by molar-refractivity contribution is -0.216. The summed E-state index contributed by atoms with van der Waals surface area (Å²) in [5, 5.41) is 20.1. The number of ether oxygens (including phenoxy) is 2. The number of urea groups is 1.